The Bertz CT molecular complexity index is 865. The van der Waals surface area contributed by atoms with Crippen molar-refractivity contribution in [1.29, 1.82) is 0 Å². The zero-order chi connectivity index (χ0) is 22.5. The van der Waals surface area contributed by atoms with Gasteiger partial charge in [0.15, 0.2) is 0 Å². The molecule has 6 aliphatic rings. The summed E-state index contributed by atoms with van der Waals surface area (Å²) in [5.41, 5.74) is 12.2. The summed E-state index contributed by atoms with van der Waals surface area (Å²) in [5.74, 6) is 2.25. The van der Waals surface area contributed by atoms with Gasteiger partial charge in [0.25, 0.3) is 0 Å². The SMILES string of the molecule is CC1=C2C[C@H]3[C@@](N)(CC=C4C[C@@H](O)CC[C@@]43C)[C@@H]2CC[C@@]2(C1)O[C@@H]1C[C@H](C)CNC1[C@H]2C. The maximum atomic E-state index is 10.3. The zero-order valence-corrected chi connectivity index (χ0v) is 20.6. The predicted molar refractivity (Wildman–Crippen MR) is 128 cm³/mol. The van der Waals surface area contributed by atoms with E-state index in [1.807, 2.05) is 0 Å². The van der Waals surface area contributed by atoms with Crippen LogP contribution in [0.3, 0.4) is 0 Å². The predicted octanol–water partition coefficient (Wildman–Crippen LogP) is 4.47. The number of hydrogen-bond acceptors (Lipinski definition) is 4. The number of fused-ring (bicyclic) bond motifs is 6. The fourth-order valence-electron chi connectivity index (χ4n) is 9.35. The van der Waals surface area contributed by atoms with Crippen LogP contribution in [0.15, 0.2) is 22.8 Å². The first-order valence-corrected chi connectivity index (χ1v) is 13.4. The van der Waals surface area contributed by atoms with Crippen LogP contribution < -0.4 is 11.1 Å². The maximum Gasteiger partial charge on any atom is 0.0765 e. The largest absolute Gasteiger partial charge is 0.393 e. The highest BCUT2D eigenvalue weighted by Crippen LogP contribution is 2.64. The molecule has 10 atom stereocenters. The van der Waals surface area contributed by atoms with Gasteiger partial charge in [-0.25, -0.2) is 0 Å². The molecule has 1 spiro atoms. The third kappa shape index (κ3) is 2.88. The molecule has 32 heavy (non-hydrogen) atoms. The highest BCUT2D eigenvalue weighted by atomic mass is 16.5. The van der Waals surface area contributed by atoms with Gasteiger partial charge in [0, 0.05) is 17.5 Å². The van der Waals surface area contributed by atoms with E-state index in [4.69, 9.17) is 10.5 Å². The summed E-state index contributed by atoms with van der Waals surface area (Å²) >= 11 is 0. The Balaban J connectivity index is 1.32. The number of aliphatic hydroxyl groups is 1. The van der Waals surface area contributed by atoms with E-state index in [0.717, 1.165) is 51.5 Å². The van der Waals surface area contributed by atoms with E-state index in [9.17, 15) is 5.11 Å². The molecular weight excluding hydrogens is 396 g/mol. The van der Waals surface area contributed by atoms with Crippen LogP contribution in [-0.2, 0) is 4.74 Å². The van der Waals surface area contributed by atoms with E-state index in [2.05, 4.69) is 39.1 Å². The van der Waals surface area contributed by atoms with Crippen molar-refractivity contribution < 1.29 is 9.84 Å². The second-order valence-electron chi connectivity index (χ2n) is 13.0. The standard InChI is InChI=1S/C28H44N2O2/c1-16-11-23-25(30-15-16)18(3)27(32-23)9-7-22-21(17(2)14-27)13-24-26(4)8-6-20(31)12-19(26)5-10-28(22,24)29/h5,16,18,20,22-25,30-31H,6-15,29H2,1-4H3/t16-,18+,20-,22+,23+,24+,25?,26-,27-,28+/m0/s1. The van der Waals surface area contributed by atoms with Crippen LogP contribution in [0.25, 0.3) is 0 Å². The van der Waals surface area contributed by atoms with E-state index in [1.165, 1.54) is 18.4 Å². The minimum Gasteiger partial charge on any atom is -0.393 e. The Kier molecular flexibility index (Phi) is 4.89. The molecule has 2 saturated heterocycles. The van der Waals surface area contributed by atoms with Gasteiger partial charge in [0.1, 0.15) is 0 Å². The highest BCUT2D eigenvalue weighted by Gasteiger charge is 2.62. The van der Waals surface area contributed by atoms with Gasteiger partial charge in [0.05, 0.1) is 17.8 Å². The number of piperidine rings is 1. The van der Waals surface area contributed by atoms with Crippen LogP contribution in [0.2, 0.25) is 0 Å². The van der Waals surface area contributed by atoms with Crippen molar-refractivity contribution >= 4 is 0 Å². The lowest BCUT2D eigenvalue weighted by Gasteiger charge is -2.53. The normalized spacial score (nSPS) is 55.1. The molecule has 6 rings (SSSR count). The Morgan fingerprint density at radius 1 is 1.19 bits per heavy atom. The molecule has 2 aliphatic heterocycles. The van der Waals surface area contributed by atoms with Gasteiger partial charge in [0.2, 0.25) is 0 Å². The van der Waals surface area contributed by atoms with Gasteiger partial charge in [-0.15, -0.1) is 0 Å². The van der Waals surface area contributed by atoms with Gasteiger partial charge in [-0.2, -0.15) is 0 Å². The molecule has 4 N–H and O–H groups in total. The maximum absolute atomic E-state index is 10.3. The number of nitrogens with one attached hydrogen (secondary N) is 1. The molecule has 4 nitrogen and oxygen atoms in total. The second-order valence-corrected chi connectivity index (χ2v) is 13.0. The lowest BCUT2D eigenvalue weighted by Crippen LogP contribution is -2.57. The molecule has 4 fully saturated rings. The molecule has 0 aromatic heterocycles. The zero-order valence-electron chi connectivity index (χ0n) is 20.6. The van der Waals surface area contributed by atoms with Gasteiger partial charge in [-0.3, -0.25) is 0 Å². The molecule has 4 heteroatoms. The van der Waals surface area contributed by atoms with E-state index in [1.54, 1.807) is 11.1 Å². The quantitative estimate of drug-likeness (QED) is 0.486. The minimum absolute atomic E-state index is 0.0197. The van der Waals surface area contributed by atoms with Crippen molar-refractivity contribution in [1.82, 2.24) is 5.32 Å². The smallest absolute Gasteiger partial charge is 0.0765 e. The molecule has 0 aromatic rings. The number of aliphatic hydroxyl groups excluding tert-OH is 1. The molecule has 1 unspecified atom stereocenters. The van der Waals surface area contributed by atoms with Gasteiger partial charge < -0.3 is 20.9 Å². The third-order valence-corrected chi connectivity index (χ3v) is 11.3. The summed E-state index contributed by atoms with van der Waals surface area (Å²) in [6.07, 6.45) is 12.2. The second kappa shape index (κ2) is 7.16. The van der Waals surface area contributed by atoms with Crippen molar-refractivity contribution in [2.24, 2.45) is 34.8 Å². The highest BCUT2D eigenvalue weighted by molar-refractivity contribution is 5.39. The monoisotopic (exact) mass is 440 g/mol. The fraction of sp³-hybridized carbons (Fsp3) is 0.857. The minimum atomic E-state index is -0.159. The van der Waals surface area contributed by atoms with Gasteiger partial charge >= 0.3 is 0 Å². The van der Waals surface area contributed by atoms with E-state index in [0.29, 0.717) is 35.8 Å². The summed E-state index contributed by atoms with van der Waals surface area (Å²) in [5, 5.41) is 14.1. The first-order valence-electron chi connectivity index (χ1n) is 13.4. The summed E-state index contributed by atoms with van der Waals surface area (Å²) < 4.78 is 7.00. The molecule has 4 aliphatic carbocycles. The van der Waals surface area contributed by atoms with Crippen LogP contribution in [0.4, 0.5) is 0 Å². The number of rotatable bonds is 0. The average molecular weight is 441 g/mol. The van der Waals surface area contributed by atoms with Crippen molar-refractivity contribution in [3.05, 3.63) is 22.8 Å². The molecule has 0 bridgehead atoms. The first-order chi connectivity index (χ1) is 15.2. The van der Waals surface area contributed by atoms with Crippen molar-refractivity contribution in [3.63, 3.8) is 0 Å². The summed E-state index contributed by atoms with van der Waals surface area (Å²) in [6, 6.07) is 0.509. The molecule has 0 aromatic carbocycles. The van der Waals surface area contributed by atoms with Crippen LogP contribution in [-0.4, -0.2) is 41.0 Å². The Morgan fingerprint density at radius 3 is 2.81 bits per heavy atom. The first kappa shape index (κ1) is 21.8. The van der Waals surface area contributed by atoms with E-state index >= 15 is 0 Å². The Morgan fingerprint density at radius 2 is 2.00 bits per heavy atom. The topological polar surface area (TPSA) is 67.5 Å². The van der Waals surface area contributed by atoms with Crippen LogP contribution in [0.1, 0.15) is 85.5 Å². The molecule has 178 valence electrons. The van der Waals surface area contributed by atoms with Crippen LogP contribution in [0, 0.1) is 29.1 Å². The summed E-state index contributed by atoms with van der Waals surface area (Å²) in [4.78, 5) is 0. The van der Waals surface area contributed by atoms with E-state index < -0.39 is 0 Å². The lowest BCUT2D eigenvalue weighted by atomic mass is 9.54. The van der Waals surface area contributed by atoms with Crippen LogP contribution in [0.5, 0.6) is 0 Å². The Labute approximate surface area is 194 Å². The fourth-order valence-corrected chi connectivity index (χ4v) is 9.35. The molecule has 0 radical (unpaired) electrons. The van der Waals surface area contributed by atoms with Crippen molar-refractivity contribution in [2.75, 3.05) is 6.54 Å². The van der Waals surface area contributed by atoms with E-state index in [-0.39, 0.29) is 22.7 Å². The molecule has 0 amide bonds. The lowest BCUT2D eigenvalue weighted by molar-refractivity contribution is -0.0724. The molecule has 2 heterocycles. The van der Waals surface area contributed by atoms with Crippen molar-refractivity contribution in [2.45, 2.75) is 115 Å². The van der Waals surface area contributed by atoms with Crippen LogP contribution >= 0.6 is 0 Å². The average Bonchev–Trinajstić information content (AvgIpc) is 3.13. The summed E-state index contributed by atoms with van der Waals surface area (Å²) in [6.45, 7) is 10.8. The van der Waals surface area contributed by atoms with Crippen molar-refractivity contribution in [3.8, 4) is 0 Å². The van der Waals surface area contributed by atoms with Gasteiger partial charge in [-0.1, -0.05) is 43.6 Å². The number of ether oxygens (including phenoxy) is 1. The summed E-state index contributed by atoms with van der Waals surface area (Å²) in [7, 11) is 0. The third-order valence-electron chi connectivity index (χ3n) is 11.3. The Hall–Kier alpha value is -0.680. The van der Waals surface area contributed by atoms with Gasteiger partial charge in [-0.05, 0) is 94.4 Å². The number of hydrogen-bond donors (Lipinski definition) is 3. The molecular formula is C28H44N2O2. The number of nitrogens with two attached hydrogens (primary N) is 1. The molecule has 2 saturated carbocycles.